The first-order chi connectivity index (χ1) is 20.2. The third kappa shape index (κ3) is 14.0. The monoisotopic (exact) mass is 613 g/mol. The summed E-state index contributed by atoms with van der Waals surface area (Å²) in [6.45, 7) is 3.27. The van der Waals surface area contributed by atoms with Crippen molar-refractivity contribution < 1.29 is 39.8 Å². The third-order valence-corrected chi connectivity index (χ3v) is 8.92. The van der Waals surface area contributed by atoms with Gasteiger partial charge in [0.05, 0.1) is 24.9 Å². The van der Waals surface area contributed by atoms with Crippen LogP contribution >= 0.6 is 11.8 Å². The van der Waals surface area contributed by atoms with Crippen molar-refractivity contribution in [2.75, 3.05) is 12.4 Å². The maximum Gasteiger partial charge on any atom is 0.217 e. The topological polar surface area (TPSA) is 149 Å². The summed E-state index contributed by atoms with van der Waals surface area (Å²) >= 11 is 1.43. The molecule has 0 aromatic heterocycles. The minimum Gasteiger partial charge on any atom is -0.390 e. The Balaban J connectivity index is 1.74. The zero-order valence-corrected chi connectivity index (χ0v) is 26.3. The molecule has 6 N–H and O–H groups in total. The second-order valence-electron chi connectivity index (χ2n) is 11.5. The van der Waals surface area contributed by atoms with Crippen LogP contribution in [0, 0.1) is 0 Å². The summed E-state index contributed by atoms with van der Waals surface area (Å²) in [5.41, 5.74) is 0. The molecule has 42 heavy (non-hydrogen) atoms. The van der Waals surface area contributed by atoms with Gasteiger partial charge in [-0.05, 0) is 18.6 Å². The molecule has 1 fully saturated rings. The summed E-state index contributed by atoms with van der Waals surface area (Å²) < 4.78 is 11.5. The summed E-state index contributed by atoms with van der Waals surface area (Å²) in [5.74, 6) is -0.0949. The number of carbonyl (C=O) groups is 1. The third-order valence-electron chi connectivity index (χ3n) is 7.81. The molecule has 1 aromatic rings. The molecule has 8 atom stereocenters. The first-order valence-electron chi connectivity index (χ1n) is 15.9. The molecule has 0 spiro atoms. The van der Waals surface area contributed by atoms with E-state index in [1.165, 1.54) is 76.5 Å². The average molecular weight is 614 g/mol. The fourth-order valence-corrected chi connectivity index (χ4v) is 6.19. The molecule has 1 aliphatic heterocycles. The maximum atomic E-state index is 11.8. The minimum atomic E-state index is -1.53. The van der Waals surface area contributed by atoms with E-state index in [0.29, 0.717) is 12.2 Å². The van der Waals surface area contributed by atoms with Gasteiger partial charge in [0, 0.05) is 17.6 Å². The number of unbranched alkanes of at least 4 members (excludes halogenated alkanes) is 11. The lowest BCUT2D eigenvalue weighted by molar-refractivity contribution is -0.294. The number of benzene rings is 1. The first-order valence-corrected chi connectivity index (χ1v) is 16.9. The van der Waals surface area contributed by atoms with Gasteiger partial charge >= 0.3 is 0 Å². The Morgan fingerprint density at radius 2 is 1.45 bits per heavy atom. The van der Waals surface area contributed by atoms with Crippen molar-refractivity contribution in [1.29, 1.82) is 0 Å². The van der Waals surface area contributed by atoms with Crippen molar-refractivity contribution in [1.82, 2.24) is 5.32 Å². The molecule has 242 valence electrons. The highest BCUT2D eigenvalue weighted by atomic mass is 32.2. The van der Waals surface area contributed by atoms with E-state index in [0.717, 1.165) is 24.2 Å². The zero-order chi connectivity index (χ0) is 30.7. The molecular weight excluding hydrogens is 558 g/mol. The van der Waals surface area contributed by atoms with Crippen LogP contribution in [0.3, 0.4) is 0 Å². The summed E-state index contributed by atoms with van der Waals surface area (Å²) in [6.07, 6.45) is 6.00. The molecule has 0 bridgehead atoms. The van der Waals surface area contributed by atoms with Crippen LogP contribution in [0.4, 0.5) is 0 Å². The molecule has 3 unspecified atom stereocenters. The molecule has 10 heteroatoms. The summed E-state index contributed by atoms with van der Waals surface area (Å²) in [4.78, 5) is 12.8. The van der Waals surface area contributed by atoms with Crippen LogP contribution in [0.25, 0.3) is 0 Å². The Morgan fingerprint density at radius 3 is 2.02 bits per heavy atom. The molecule has 2 rings (SSSR count). The lowest BCUT2D eigenvalue weighted by Gasteiger charge is -2.41. The number of rotatable bonds is 22. The number of aliphatic hydroxyl groups is 5. The highest BCUT2D eigenvalue weighted by Gasteiger charge is 2.44. The van der Waals surface area contributed by atoms with Gasteiger partial charge in [-0.25, -0.2) is 0 Å². The van der Waals surface area contributed by atoms with Crippen LogP contribution in [-0.2, 0) is 14.3 Å². The van der Waals surface area contributed by atoms with E-state index >= 15 is 0 Å². The van der Waals surface area contributed by atoms with Crippen molar-refractivity contribution >= 4 is 17.7 Å². The Kier molecular flexibility index (Phi) is 18.9. The van der Waals surface area contributed by atoms with Gasteiger partial charge in [-0.15, -0.1) is 11.8 Å². The van der Waals surface area contributed by atoms with E-state index in [1.54, 1.807) is 0 Å². The minimum absolute atomic E-state index is 0.265. The molecule has 1 saturated heterocycles. The van der Waals surface area contributed by atoms with E-state index in [1.807, 2.05) is 30.3 Å². The number of hydrogen-bond donors (Lipinski definition) is 6. The van der Waals surface area contributed by atoms with Gasteiger partial charge in [0.25, 0.3) is 0 Å². The maximum absolute atomic E-state index is 11.8. The van der Waals surface area contributed by atoms with E-state index < -0.39 is 54.9 Å². The van der Waals surface area contributed by atoms with Gasteiger partial charge in [-0.2, -0.15) is 0 Å². The van der Waals surface area contributed by atoms with Gasteiger partial charge in [-0.3, -0.25) is 4.79 Å². The van der Waals surface area contributed by atoms with Gasteiger partial charge < -0.3 is 40.3 Å². The SMILES string of the molecule is CCCCCCCCCCCCCC[C@@H](O)C(O)[C@H](CO[C@H]1OC(CSc2ccccc2)[C@H](O)[C@H](O)C1O)NC(C)=O. The summed E-state index contributed by atoms with van der Waals surface area (Å²) in [6, 6.07) is 8.57. The number of amides is 1. The number of carbonyl (C=O) groups excluding carboxylic acids is 1. The standard InChI is InChI=1S/C32H55NO8S/c1-3-4-5-6-7-8-9-10-11-12-13-17-20-26(35)28(36)25(33-23(2)34)21-40-32-31(39)30(38)29(37)27(41-32)22-42-24-18-15-14-16-19-24/h14-16,18-19,25-32,35-39H,3-13,17,20-22H2,1-2H3,(H,33,34)/t25-,26+,27?,28?,29-,30-,31?,32-/m0/s1. The van der Waals surface area contributed by atoms with Crippen LogP contribution in [0.2, 0.25) is 0 Å². The zero-order valence-electron chi connectivity index (χ0n) is 25.5. The number of aliphatic hydroxyl groups excluding tert-OH is 5. The largest absolute Gasteiger partial charge is 0.390 e. The van der Waals surface area contributed by atoms with Crippen LogP contribution in [0.5, 0.6) is 0 Å². The van der Waals surface area contributed by atoms with Gasteiger partial charge in [-0.1, -0.05) is 102 Å². The quantitative estimate of drug-likeness (QED) is 0.0845. The van der Waals surface area contributed by atoms with Crippen molar-refractivity contribution in [3.05, 3.63) is 30.3 Å². The van der Waals surface area contributed by atoms with Gasteiger partial charge in [0.15, 0.2) is 6.29 Å². The number of nitrogens with one attached hydrogen (secondary N) is 1. The molecule has 1 amide bonds. The number of hydrogen-bond acceptors (Lipinski definition) is 9. The molecule has 0 radical (unpaired) electrons. The second-order valence-corrected chi connectivity index (χ2v) is 12.6. The van der Waals surface area contributed by atoms with E-state index in [9.17, 15) is 30.3 Å². The van der Waals surface area contributed by atoms with Gasteiger partial charge in [0.2, 0.25) is 5.91 Å². The van der Waals surface area contributed by atoms with E-state index in [4.69, 9.17) is 9.47 Å². The normalized spacial score (nSPS) is 24.7. The number of ether oxygens (including phenoxy) is 2. The molecule has 1 aromatic carbocycles. The summed E-state index contributed by atoms with van der Waals surface area (Å²) in [5, 5.41) is 55.4. The lowest BCUT2D eigenvalue weighted by Crippen LogP contribution is -2.60. The van der Waals surface area contributed by atoms with Gasteiger partial charge in [0.1, 0.15) is 24.4 Å². The molecule has 0 saturated carbocycles. The molecule has 9 nitrogen and oxygen atoms in total. The molecule has 1 aliphatic rings. The van der Waals surface area contributed by atoms with Crippen LogP contribution in [0.1, 0.15) is 97.3 Å². The predicted molar refractivity (Wildman–Crippen MR) is 165 cm³/mol. The summed E-state index contributed by atoms with van der Waals surface area (Å²) in [7, 11) is 0. The lowest BCUT2D eigenvalue weighted by atomic mass is 9.98. The second kappa shape index (κ2) is 21.5. The van der Waals surface area contributed by atoms with Crippen molar-refractivity contribution in [3.63, 3.8) is 0 Å². The molecular formula is C32H55NO8S. The Hall–Kier alpha value is -1.24. The van der Waals surface area contributed by atoms with E-state index in [2.05, 4.69) is 12.2 Å². The fraction of sp³-hybridized carbons (Fsp3) is 0.781. The Morgan fingerprint density at radius 1 is 0.881 bits per heavy atom. The van der Waals surface area contributed by atoms with Crippen molar-refractivity contribution in [2.24, 2.45) is 0 Å². The van der Waals surface area contributed by atoms with Crippen molar-refractivity contribution in [2.45, 2.75) is 151 Å². The highest BCUT2D eigenvalue weighted by molar-refractivity contribution is 7.99. The molecule has 0 aliphatic carbocycles. The predicted octanol–water partition coefficient (Wildman–Crippen LogP) is 3.92. The fourth-order valence-electron chi connectivity index (χ4n) is 5.21. The smallest absolute Gasteiger partial charge is 0.217 e. The van der Waals surface area contributed by atoms with E-state index in [-0.39, 0.29) is 6.61 Å². The first kappa shape index (κ1) is 36.9. The van der Waals surface area contributed by atoms with Crippen LogP contribution < -0.4 is 5.32 Å². The number of thioether (sulfide) groups is 1. The highest BCUT2D eigenvalue weighted by Crippen LogP contribution is 2.28. The van der Waals surface area contributed by atoms with Crippen molar-refractivity contribution in [3.8, 4) is 0 Å². The Labute approximate surface area is 256 Å². The molecule has 1 heterocycles. The Bertz CT molecular complexity index is 834. The van der Waals surface area contributed by atoms with Crippen LogP contribution in [0.15, 0.2) is 35.2 Å². The van der Waals surface area contributed by atoms with Crippen LogP contribution in [-0.4, -0.2) is 92.8 Å². The average Bonchev–Trinajstić information content (AvgIpc) is 2.98.